The van der Waals surface area contributed by atoms with Crippen molar-refractivity contribution in [2.45, 2.75) is 58.4 Å². The predicted octanol–water partition coefficient (Wildman–Crippen LogP) is 3.07. The zero-order chi connectivity index (χ0) is 19.5. The van der Waals surface area contributed by atoms with Crippen molar-refractivity contribution < 1.29 is 13.2 Å². The maximum Gasteiger partial charge on any atom is 0.240 e. The van der Waals surface area contributed by atoms with Crippen molar-refractivity contribution in [3.05, 3.63) is 23.8 Å². The fourth-order valence-corrected chi connectivity index (χ4v) is 4.40. The molecule has 1 aromatic rings. The number of carbonyl (C=O) groups excluding carboxylic acids is 1. The van der Waals surface area contributed by atoms with E-state index in [9.17, 15) is 13.2 Å². The fourth-order valence-electron chi connectivity index (χ4n) is 3.01. The third kappa shape index (κ3) is 6.45. The van der Waals surface area contributed by atoms with Gasteiger partial charge in [0.2, 0.25) is 15.9 Å². The van der Waals surface area contributed by atoms with Crippen LogP contribution in [-0.2, 0) is 14.8 Å². The zero-order valence-electron chi connectivity index (χ0n) is 16.8. The fraction of sp³-hybridized carbons (Fsp3) is 0.632. The van der Waals surface area contributed by atoms with Crippen LogP contribution in [0.3, 0.4) is 0 Å². The highest BCUT2D eigenvalue weighted by Crippen LogP contribution is 2.24. The Morgan fingerprint density at radius 1 is 1.22 bits per heavy atom. The summed E-state index contributed by atoms with van der Waals surface area (Å²) in [6.07, 6.45) is 1.95. The summed E-state index contributed by atoms with van der Waals surface area (Å²) in [7, 11) is -3.59. The minimum absolute atomic E-state index is 0. The predicted molar refractivity (Wildman–Crippen MR) is 112 cm³/mol. The number of anilines is 1. The third-order valence-electron chi connectivity index (χ3n) is 4.87. The molecule has 27 heavy (non-hydrogen) atoms. The van der Waals surface area contributed by atoms with Gasteiger partial charge in [0.1, 0.15) is 0 Å². The molecular formula is C19H32ClN3O3S. The number of rotatable bonds is 5. The lowest BCUT2D eigenvalue weighted by Gasteiger charge is -2.28. The lowest BCUT2D eigenvalue weighted by Crippen LogP contribution is -2.42. The van der Waals surface area contributed by atoms with E-state index < -0.39 is 15.4 Å². The molecule has 0 radical (unpaired) electrons. The summed E-state index contributed by atoms with van der Waals surface area (Å²) in [6.45, 7) is 11.1. The number of nitrogens with one attached hydrogen (secondary N) is 3. The summed E-state index contributed by atoms with van der Waals surface area (Å²) in [4.78, 5) is 12.4. The van der Waals surface area contributed by atoms with Crippen molar-refractivity contribution in [2.75, 3.05) is 18.4 Å². The highest BCUT2D eigenvalue weighted by atomic mass is 35.5. The van der Waals surface area contributed by atoms with E-state index >= 15 is 0 Å². The molecule has 1 aliphatic heterocycles. The Morgan fingerprint density at radius 3 is 2.33 bits per heavy atom. The van der Waals surface area contributed by atoms with Crippen molar-refractivity contribution >= 4 is 34.0 Å². The molecule has 0 aromatic heterocycles. The monoisotopic (exact) mass is 417 g/mol. The molecule has 1 atom stereocenters. The molecule has 0 unspecified atom stereocenters. The summed E-state index contributed by atoms with van der Waals surface area (Å²) in [5.74, 6) is 0.242. The first kappa shape index (κ1) is 23.9. The van der Waals surface area contributed by atoms with Gasteiger partial charge in [-0.15, -0.1) is 12.4 Å². The van der Waals surface area contributed by atoms with Gasteiger partial charge in [0, 0.05) is 17.1 Å². The quantitative estimate of drug-likeness (QED) is 0.687. The summed E-state index contributed by atoms with van der Waals surface area (Å²) in [5.41, 5.74) is 0.846. The maximum atomic E-state index is 12.7. The molecule has 6 nitrogen and oxygen atoms in total. The van der Waals surface area contributed by atoms with Gasteiger partial charge in [0.25, 0.3) is 0 Å². The number of piperidine rings is 1. The topological polar surface area (TPSA) is 87.3 Å². The first-order chi connectivity index (χ1) is 12.0. The van der Waals surface area contributed by atoms with Crippen LogP contribution >= 0.6 is 12.4 Å². The SMILES string of the molecule is Cc1cc(S(=O)(=O)N[C@H](C)C2CCNCC2)ccc1NC(=O)C(C)(C)C.Cl. The van der Waals surface area contributed by atoms with Crippen LogP contribution in [0, 0.1) is 18.3 Å². The van der Waals surface area contributed by atoms with E-state index in [2.05, 4.69) is 15.4 Å². The van der Waals surface area contributed by atoms with Crippen molar-refractivity contribution in [1.29, 1.82) is 0 Å². The molecule has 1 fully saturated rings. The highest BCUT2D eigenvalue weighted by Gasteiger charge is 2.26. The van der Waals surface area contributed by atoms with Gasteiger partial charge in [-0.3, -0.25) is 4.79 Å². The van der Waals surface area contributed by atoms with Gasteiger partial charge in [-0.1, -0.05) is 20.8 Å². The number of benzene rings is 1. The van der Waals surface area contributed by atoms with Crippen LogP contribution in [0.15, 0.2) is 23.1 Å². The van der Waals surface area contributed by atoms with Crippen molar-refractivity contribution in [2.24, 2.45) is 11.3 Å². The molecule has 1 amide bonds. The van der Waals surface area contributed by atoms with Gasteiger partial charge in [-0.2, -0.15) is 0 Å². The second-order valence-electron chi connectivity index (χ2n) is 8.18. The normalized spacial score (nSPS) is 17.1. The number of hydrogen-bond acceptors (Lipinski definition) is 4. The molecule has 0 spiro atoms. The lowest BCUT2D eigenvalue weighted by molar-refractivity contribution is -0.123. The van der Waals surface area contributed by atoms with E-state index in [4.69, 9.17) is 0 Å². The number of carbonyl (C=O) groups is 1. The van der Waals surface area contributed by atoms with E-state index in [0.29, 0.717) is 11.6 Å². The Bertz CT molecular complexity index is 754. The molecule has 1 heterocycles. The van der Waals surface area contributed by atoms with E-state index in [1.165, 1.54) is 0 Å². The summed E-state index contributed by atoms with van der Waals surface area (Å²) < 4.78 is 28.2. The summed E-state index contributed by atoms with van der Waals surface area (Å²) in [6, 6.07) is 4.70. The molecule has 1 aliphatic rings. The molecule has 2 rings (SSSR count). The van der Waals surface area contributed by atoms with E-state index in [1.54, 1.807) is 25.1 Å². The van der Waals surface area contributed by atoms with Crippen LogP contribution in [0.5, 0.6) is 0 Å². The molecule has 1 saturated heterocycles. The van der Waals surface area contributed by atoms with Crippen LogP contribution in [0.4, 0.5) is 5.69 Å². The molecule has 154 valence electrons. The largest absolute Gasteiger partial charge is 0.325 e. The number of halogens is 1. The van der Waals surface area contributed by atoms with E-state index in [0.717, 1.165) is 31.5 Å². The molecule has 0 bridgehead atoms. The Kier molecular flexibility index (Phi) is 8.29. The van der Waals surface area contributed by atoms with Gasteiger partial charge in [0.15, 0.2) is 0 Å². The number of sulfonamides is 1. The minimum atomic E-state index is -3.59. The van der Waals surface area contributed by atoms with Gasteiger partial charge < -0.3 is 10.6 Å². The Hall–Kier alpha value is -1.15. The second kappa shape index (κ2) is 9.37. The molecule has 1 aromatic carbocycles. The molecular weight excluding hydrogens is 386 g/mol. The Labute approximate surface area is 169 Å². The van der Waals surface area contributed by atoms with Crippen molar-refractivity contribution in [1.82, 2.24) is 10.0 Å². The van der Waals surface area contributed by atoms with Gasteiger partial charge in [0.05, 0.1) is 4.90 Å². The van der Waals surface area contributed by atoms with Crippen LogP contribution in [-0.4, -0.2) is 33.5 Å². The molecule has 0 saturated carbocycles. The number of aryl methyl sites for hydroxylation is 1. The average molecular weight is 418 g/mol. The van der Waals surface area contributed by atoms with Crippen LogP contribution in [0.2, 0.25) is 0 Å². The average Bonchev–Trinajstić information content (AvgIpc) is 2.56. The van der Waals surface area contributed by atoms with Crippen LogP contribution in [0.25, 0.3) is 0 Å². The number of amides is 1. The van der Waals surface area contributed by atoms with E-state index in [1.807, 2.05) is 27.7 Å². The zero-order valence-corrected chi connectivity index (χ0v) is 18.4. The Morgan fingerprint density at radius 2 is 1.81 bits per heavy atom. The van der Waals surface area contributed by atoms with Gasteiger partial charge in [-0.05, 0) is 69.5 Å². The molecule has 0 aliphatic carbocycles. The first-order valence-corrected chi connectivity index (χ1v) is 10.6. The minimum Gasteiger partial charge on any atom is -0.325 e. The lowest BCUT2D eigenvalue weighted by atomic mass is 9.92. The second-order valence-corrected chi connectivity index (χ2v) is 9.89. The molecule has 8 heteroatoms. The number of hydrogen-bond donors (Lipinski definition) is 3. The maximum absolute atomic E-state index is 12.7. The van der Waals surface area contributed by atoms with Crippen molar-refractivity contribution in [3.63, 3.8) is 0 Å². The van der Waals surface area contributed by atoms with Crippen LogP contribution in [0.1, 0.15) is 46.1 Å². The highest BCUT2D eigenvalue weighted by molar-refractivity contribution is 7.89. The third-order valence-corrected chi connectivity index (χ3v) is 6.43. The van der Waals surface area contributed by atoms with Crippen LogP contribution < -0.4 is 15.4 Å². The Balaban J connectivity index is 0.00000364. The smallest absolute Gasteiger partial charge is 0.240 e. The molecule has 3 N–H and O–H groups in total. The summed E-state index contributed by atoms with van der Waals surface area (Å²) in [5, 5.41) is 6.15. The van der Waals surface area contributed by atoms with E-state index in [-0.39, 0.29) is 29.3 Å². The standard InChI is InChI=1S/C19H31N3O3S.ClH/c1-13-12-16(6-7-17(13)21-18(23)19(3,4)5)26(24,25)22-14(2)15-8-10-20-11-9-15;/h6-7,12,14-15,20,22H,8-11H2,1-5H3,(H,21,23);1H/t14-;/m1./s1. The van der Waals surface area contributed by atoms with Gasteiger partial charge in [-0.25, -0.2) is 13.1 Å². The van der Waals surface area contributed by atoms with Gasteiger partial charge >= 0.3 is 0 Å². The summed E-state index contributed by atoms with van der Waals surface area (Å²) >= 11 is 0. The van der Waals surface area contributed by atoms with Crippen molar-refractivity contribution in [3.8, 4) is 0 Å². The first-order valence-electron chi connectivity index (χ1n) is 9.16.